The van der Waals surface area contributed by atoms with E-state index >= 15 is 0 Å². The smallest absolute Gasteiger partial charge is 0.129 e. The number of ether oxygens (including phenoxy) is 3. The molecule has 2 rings (SSSR count). The van der Waals surface area contributed by atoms with Crippen LogP contribution >= 0.6 is 12.2 Å². The molecule has 0 saturated carbocycles. The third-order valence-electron chi connectivity index (χ3n) is 2.98. The van der Waals surface area contributed by atoms with Gasteiger partial charge in [0.2, 0.25) is 0 Å². The lowest BCUT2D eigenvalue weighted by Crippen LogP contribution is -2.12. The first-order valence-electron chi connectivity index (χ1n) is 6.37. The fourth-order valence-electron chi connectivity index (χ4n) is 1.90. The summed E-state index contributed by atoms with van der Waals surface area (Å²) in [4.78, 5) is 0.301. The molecule has 2 aromatic rings. The Morgan fingerprint density at radius 3 is 2.48 bits per heavy atom. The van der Waals surface area contributed by atoms with E-state index in [4.69, 9.17) is 32.2 Å². The first-order chi connectivity index (χ1) is 10.1. The molecule has 0 aliphatic carbocycles. The van der Waals surface area contributed by atoms with Crippen LogP contribution in [0.4, 0.5) is 0 Å². The highest BCUT2D eigenvalue weighted by Crippen LogP contribution is 2.23. The SMILES string of the molecule is COc1cccc(OCc2ccc(OC)c(C(N)=S)c2)c1. The number of methoxy groups -OCH3 is 2. The van der Waals surface area contributed by atoms with E-state index in [-0.39, 0.29) is 0 Å². The largest absolute Gasteiger partial charge is 0.497 e. The number of rotatable bonds is 6. The summed E-state index contributed by atoms with van der Waals surface area (Å²) in [6.45, 7) is 0.409. The van der Waals surface area contributed by atoms with Gasteiger partial charge in [-0.2, -0.15) is 0 Å². The highest BCUT2D eigenvalue weighted by atomic mass is 32.1. The Labute approximate surface area is 129 Å². The summed E-state index contributed by atoms with van der Waals surface area (Å²) < 4.78 is 16.1. The van der Waals surface area contributed by atoms with Crippen molar-refractivity contribution in [3.63, 3.8) is 0 Å². The number of hydrogen-bond donors (Lipinski definition) is 1. The standard InChI is InChI=1S/C16H17NO3S/c1-18-12-4-3-5-13(9-12)20-10-11-6-7-15(19-2)14(8-11)16(17)21/h3-9H,10H2,1-2H3,(H2,17,21). The average molecular weight is 303 g/mol. The zero-order valence-corrected chi connectivity index (χ0v) is 12.8. The van der Waals surface area contributed by atoms with Crippen LogP contribution in [0.5, 0.6) is 17.2 Å². The minimum atomic E-state index is 0.301. The molecule has 0 radical (unpaired) electrons. The molecule has 0 heterocycles. The molecule has 110 valence electrons. The van der Waals surface area contributed by atoms with Crippen LogP contribution in [-0.2, 0) is 6.61 Å². The Hall–Kier alpha value is -2.27. The fourth-order valence-corrected chi connectivity index (χ4v) is 2.05. The van der Waals surface area contributed by atoms with E-state index in [1.165, 1.54) is 0 Å². The molecule has 0 amide bonds. The quantitative estimate of drug-likeness (QED) is 0.832. The van der Waals surface area contributed by atoms with Crippen LogP contribution in [-0.4, -0.2) is 19.2 Å². The average Bonchev–Trinajstić information content (AvgIpc) is 2.52. The number of benzene rings is 2. The third-order valence-corrected chi connectivity index (χ3v) is 3.20. The molecule has 0 atom stereocenters. The van der Waals surface area contributed by atoms with Gasteiger partial charge in [-0.1, -0.05) is 24.4 Å². The molecule has 0 fully saturated rings. The number of thiocarbonyl (C=S) groups is 1. The van der Waals surface area contributed by atoms with E-state index in [1.54, 1.807) is 14.2 Å². The van der Waals surface area contributed by atoms with Crippen molar-refractivity contribution in [3.05, 3.63) is 53.6 Å². The predicted molar refractivity (Wildman–Crippen MR) is 86.2 cm³/mol. The van der Waals surface area contributed by atoms with Gasteiger partial charge < -0.3 is 19.9 Å². The van der Waals surface area contributed by atoms with E-state index in [2.05, 4.69) is 0 Å². The highest BCUT2D eigenvalue weighted by molar-refractivity contribution is 7.80. The van der Waals surface area contributed by atoms with Crippen molar-refractivity contribution < 1.29 is 14.2 Å². The first-order valence-corrected chi connectivity index (χ1v) is 6.78. The molecule has 21 heavy (non-hydrogen) atoms. The van der Waals surface area contributed by atoms with Crippen LogP contribution in [0.3, 0.4) is 0 Å². The van der Waals surface area contributed by atoms with E-state index in [0.717, 1.165) is 17.1 Å². The van der Waals surface area contributed by atoms with Gasteiger partial charge in [0.15, 0.2) is 0 Å². The van der Waals surface area contributed by atoms with Gasteiger partial charge in [-0.15, -0.1) is 0 Å². The molecule has 0 aliphatic rings. The summed E-state index contributed by atoms with van der Waals surface area (Å²) in [7, 11) is 3.21. The lowest BCUT2D eigenvalue weighted by atomic mass is 10.1. The fraction of sp³-hybridized carbons (Fsp3) is 0.188. The van der Waals surface area contributed by atoms with Gasteiger partial charge in [-0.3, -0.25) is 0 Å². The Kier molecular flexibility index (Phi) is 5.00. The van der Waals surface area contributed by atoms with Crippen LogP contribution < -0.4 is 19.9 Å². The maximum Gasteiger partial charge on any atom is 0.129 e. The molecule has 0 saturated heterocycles. The maximum atomic E-state index is 5.74. The molecule has 0 spiro atoms. The molecular formula is C16H17NO3S. The molecule has 5 heteroatoms. The van der Waals surface area contributed by atoms with Crippen molar-refractivity contribution in [2.24, 2.45) is 5.73 Å². The second-order valence-electron chi connectivity index (χ2n) is 4.37. The van der Waals surface area contributed by atoms with Crippen LogP contribution in [0.2, 0.25) is 0 Å². The summed E-state index contributed by atoms with van der Waals surface area (Å²) in [6.07, 6.45) is 0. The Balaban J connectivity index is 2.12. The zero-order valence-electron chi connectivity index (χ0n) is 12.0. The Morgan fingerprint density at radius 1 is 1.05 bits per heavy atom. The minimum Gasteiger partial charge on any atom is -0.497 e. The van der Waals surface area contributed by atoms with Gasteiger partial charge in [0.05, 0.1) is 19.8 Å². The maximum absolute atomic E-state index is 5.74. The van der Waals surface area contributed by atoms with E-state index < -0.39 is 0 Å². The minimum absolute atomic E-state index is 0.301. The van der Waals surface area contributed by atoms with Crippen LogP contribution in [0.15, 0.2) is 42.5 Å². The normalized spacial score (nSPS) is 10.0. The molecular weight excluding hydrogens is 286 g/mol. The third kappa shape index (κ3) is 3.86. The van der Waals surface area contributed by atoms with Crippen molar-refractivity contribution in [1.29, 1.82) is 0 Å². The lowest BCUT2D eigenvalue weighted by molar-refractivity contribution is 0.303. The van der Waals surface area contributed by atoms with Gasteiger partial charge in [-0.25, -0.2) is 0 Å². The Morgan fingerprint density at radius 2 is 1.81 bits per heavy atom. The van der Waals surface area contributed by atoms with E-state index in [0.29, 0.717) is 22.9 Å². The number of nitrogens with two attached hydrogens (primary N) is 1. The summed E-state index contributed by atoms with van der Waals surface area (Å²) in [6, 6.07) is 13.1. The van der Waals surface area contributed by atoms with Gasteiger partial charge in [0.1, 0.15) is 28.8 Å². The Bertz CT molecular complexity index is 643. The molecule has 0 unspecified atom stereocenters. The van der Waals surface area contributed by atoms with Crippen LogP contribution in [0.1, 0.15) is 11.1 Å². The predicted octanol–water partition coefficient (Wildman–Crippen LogP) is 2.92. The summed E-state index contributed by atoms with van der Waals surface area (Å²) in [5.74, 6) is 2.15. The summed E-state index contributed by atoms with van der Waals surface area (Å²) in [5.41, 5.74) is 7.37. The zero-order chi connectivity index (χ0) is 15.2. The van der Waals surface area contributed by atoms with Crippen molar-refractivity contribution in [1.82, 2.24) is 0 Å². The number of hydrogen-bond acceptors (Lipinski definition) is 4. The van der Waals surface area contributed by atoms with E-state index in [1.807, 2.05) is 42.5 Å². The molecule has 2 N–H and O–H groups in total. The summed E-state index contributed by atoms with van der Waals surface area (Å²) in [5, 5.41) is 0. The lowest BCUT2D eigenvalue weighted by Gasteiger charge is -2.11. The van der Waals surface area contributed by atoms with Crippen LogP contribution in [0.25, 0.3) is 0 Å². The van der Waals surface area contributed by atoms with Gasteiger partial charge in [-0.05, 0) is 29.8 Å². The molecule has 0 bridgehead atoms. The van der Waals surface area contributed by atoms with Gasteiger partial charge in [0, 0.05) is 6.07 Å². The first kappa shape index (κ1) is 15.1. The van der Waals surface area contributed by atoms with Crippen molar-refractivity contribution >= 4 is 17.2 Å². The highest BCUT2D eigenvalue weighted by Gasteiger charge is 2.07. The van der Waals surface area contributed by atoms with E-state index in [9.17, 15) is 0 Å². The topological polar surface area (TPSA) is 53.7 Å². The molecule has 0 aliphatic heterocycles. The molecule has 2 aromatic carbocycles. The van der Waals surface area contributed by atoms with Crippen molar-refractivity contribution in [3.8, 4) is 17.2 Å². The molecule has 4 nitrogen and oxygen atoms in total. The summed E-state index contributed by atoms with van der Waals surface area (Å²) >= 11 is 5.03. The molecule has 0 aromatic heterocycles. The monoisotopic (exact) mass is 303 g/mol. The van der Waals surface area contributed by atoms with Crippen molar-refractivity contribution in [2.75, 3.05) is 14.2 Å². The second kappa shape index (κ2) is 6.95. The van der Waals surface area contributed by atoms with Crippen molar-refractivity contribution in [2.45, 2.75) is 6.61 Å². The van der Waals surface area contributed by atoms with Crippen LogP contribution in [0, 0.1) is 0 Å². The van der Waals surface area contributed by atoms with Gasteiger partial charge >= 0.3 is 0 Å². The van der Waals surface area contributed by atoms with Gasteiger partial charge in [0.25, 0.3) is 0 Å². The second-order valence-corrected chi connectivity index (χ2v) is 4.81.